The Morgan fingerprint density at radius 1 is 0.946 bits per heavy atom. The van der Waals surface area contributed by atoms with E-state index in [9.17, 15) is 9.59 Å². The molecule has 1 aromatic heterocycles. The van der Waals surface area contributed by atoms with E-state index < -0.39 is 6.04 Å². The van der Waals surface area contributed by atoms with Crippen LogP contribution in [0.4, 0.5) is 5.69 Å². The summed E-state index contributed by atoms with van der Waals surface area (Å²) in [6.45, 7) is 10.7. The van der Waals surface area contributed by atoms with Crippen molar-refractivity contribution in [2.45, 2.75) is 53.6 Å². The smallest absolute Gasteiger partial charge is 0.249 e. The van der Waals surface area contributed by atoms with Crippen molar-refractivity contribution in [3.8, 4) is 0 Å². The minimum absolute atomic E-state index is 0.0461. The van der Waals surface area contributed by atoms with E-state index in [4.69, 9.17) is 0 Å². The maximum atomic E-state index is 14.1. The van der Waals surface area contributed by atoms with E-state index in [2.05, 4.69) is 29.5 Å². The lowest BCUT2D eigenvalue weighted by Crippen LogP contribution is -2.46. The first kappa shape index (κ1) is 26.1. The molecule has 1 heterocycles. The summed E-state index contributed by atoms with van der Waals surface area (Å²) in [5, 5.41) is 11.5. The molecule has 7 nitrogen and oxygen atoms in total. The molecule has 0 bridgehead atoms. The van der Waals surface area contributed by atoms with E-state index in [0.717, 1.165) is 39.7 Å². The third-order valence-electron chi connectivity index (χ3n) is 6.73. The number of anilines is 1. The quantitative estimate of drug-likeness (QED) is 0.341. The fourth-order valence-electron chi connectivity index (χ4n) is 4.40. The summed E-state index contributed by atoms with van der Waals surface area (Å²) < 4.78 is 1.60. The number of fused-ring (bicyclic) bond motifs is 1. The summed E-state index contributed by atoms with van der Waals surface area (Å²) in [4.78, 5) is 29.6. The van der Waals surface area contributed by atoms with Gasteiger partial charge in [-0.25, -0.2) is 4.68 Å². The molecule has 3 aromatic carbocycles. The first-order chi connectivity index (χ1) is 17.8. The first-order valence-corrected chi connectivity index (χ1v) is 12.8. The average Bonchev–Trinajstić information content (AvgIpc) is 3.27. The maximum absolute atomic E-state index is 14.1. The Hall–Kier alpha value is -4.00. The number of hydrogen-bond donors (Lipinski definition) is 1. The summed E-state index contributed by atoms with van der Waals surface area (Å²) in [5.41, 5.74) is 6.03. The number of aryl methyl sites for hydroxylation is 2. The Bertz CT molecular complexity index is 1390. The van der Waals surface area contributed by atoms with Crippen molar-refractivity contribution >= 4 is 28.5 Å². The molecule has 0 spiro atoms. The van der Waals surface area contributed by atoms with Gasteiger partial charge in [0, 0.05) is 12.2 Å². The lowest BCUT2D eigenvalue weighted by molar-refractivity contribution is -0.127. The van der Waals surface area contributed by atoms with Crippen LogP contribution in [0.3, 0.4) is 0 Å². The minimum Gasteiger partial charge on any atom is -0.354 e. The van der Waals surface area contributed by atoms with Crippen LogP contribution < -0.4 is 10.2 Å². The first-order valence-electron chi connectivity index (χ1n) is 12.8. The van der Waals surface area contributed by atoms with E-state index in [1.807, 2.05) is 87.5 Å². The zero-order valence-electron chi connectivity index (χ0n) is 22.2. The number of rotatable bonds is 9. The highest BCUT2D eigenvalue weighted by Gasteiger charge is 2.34. The predicted molar refractivity (Wildman–Crippen MR) is 147 cm³/mol. The van der Waals surface area contributed by atoms with Gasteiger partial charge in [-0.1, -0.05) is 73.2 Å². The fourth-order valence-corrected chi connectivity index (χ4v) is 4.40. The van der Waals surface area contributed by atoms with Crippen molar-refractivity contribution in [1.82, 2.24) is 20.3 Å². The molecule has 37 heavy (non-hydrogen) atoms. The average molecular weight is 498 g/mol. The van der Waals surface area contributed by atoms with Gasteiger partial charge in [0.1, 0.15) is 18.1 Å². The number of carbonyl (C=O) groups is 2. The summed E-state index contributed by atoms with van der Waals surface area (Å²) >= 11 is 0. The molecule has 0 aliphatic carbocycles. The normalized spacial score (nSPS) is 12.1. The third-order valence-corrected chi connectivity index (χ3v) is 6.73. The highest BCUT2D eigenvalue weighted by Crippen LogP contribution is 2.32. The lowest BCUT2D eigenvalue weighted by atomic mass is 9.99. The van der Waals surface area contributed by atoms with E-state index in [1.165, 1.54) is 0 Å². The number of benzene rings is 3. The number of nitrogens with one attached hydrogen (secondary N) is 1. The molecule has 7 heteroatoms. The maximum Gasteiger partial charge on any atom is 0.249 e. The summed E-state index contributed by atoms with van der Waals surface area (Å²) in [7, 11) is 0. The Morgan fingerprint density at radius 2 is 1.68 bits per heavy atom. The molecule has 0 aliphatic rings. The monoisotopic (exact) mass is 497 g/mol. The second kappa shape index (κ2) is 11.4. The van der Waals surface area contributed by atoms with Crippen molar-refractivity contribution in [1.29, 1.82) is 0 Å². The van der Waals surface area contributed by atoms with Gasteiger partial charge in [-0.15, -0.1) is 5.10 Å². The fraction of sp³-hybridized carbons (Fsp3) is 0.333. The van der Waals surface area contributed by atoms with Crippen molar-refractivity contribution in [2.24, 2.45) is 5.92 Å². The predicted octanol–water partition coefficient (Wildman–Crippen LogP) is 5.29. The van der Waals surface area contributed by atoms with E-state index in [0.29, 0.717) is 18.2 Å². The standard InChI is InChI=1S/C30H35N5O2/c1-20(2)17-18-31-30(37)29(24-15-13-21(3)14-16-24)35(26-12-8-9-22(4)23(26)5)28(36)19-34-27-11-7-6-10-25(27)32-33-34/h6-16,20,29H,17-19H2,1-5H3,(H,31,37)/t29-/m0/s1. The molecule has 4 aromatic rings. The van der Waals surface area contributed by atoms with Gasteiger partial charge in [0.25, 0.3) is 0 Å². The third kappa shape index (κ3) is 5.88. The van der Waals surface area contributed by atoms with Gasteiger partial charge in [0.2, 0.25) is 11.8 Å². The van der Waals surface area contributed by atoms with Crippen molar-refractivity contribution in [3.05, 3.63) is 89.0 Å². The molecule has 0 saturated carbocycles. The molecule has 0 saturated heterocycles. The summed E-state index contributed by atoms with van der Waals surface area (Å²) in [6, 6.07) is 20.3. The molecular formula is C30H35N5O2. The minimum atomic E-state index is -0.837. The number of amides is 2. The number of carbonyl (C=O) groups excluding carboxylic acids is 2. The second-order valence-electron chi connectivity index (χ2n) is 10.0. The molecule has 0 radical (unpaired) electrons. The Balaban J connectivity index is 1.80. The molecule has 2 amide bonds. The van der Waals surface area contributed by atoms with Gasteiger partial charge < -0.3 is 5.32 Å². The van der Waals surface area contributed by atoms with Gasteiger partial charge >= 0.3 is 0 Å². The molecule has 0 fully saturated rings. The lowest BCUT2D eigenvalue weighted by Gasteiger charge is -2.33. The Labute approximate surface area is 218 Å². The summed E-state index contributed by atoms with van der Waals surface area (Å²) in [5.74, 6) is 0.00613. The largest absolute Gasteiger partial charge is 0.354 e. The van der Waals surface area contributed by atoms with Crippen LogP contribution in [0.15, 0.2) is 66.7 Å². The molecule has 192 valence electrons. The van der Waals surface area contributed by atoms with Crippen molar-refractivity contribution in [2.75, 3.05) is 11.4 Å². The van der Waals surface area contributed by atoms with E-state index in [1.54, 1.807) is 9.58 Å². The summed E-state index contributed by atoms with van der Waals surface area (Å²) in [6.07, 6.45) is 0.856. The van der Waals surface area contributed by atoms with Crippen LogP contribution in [0.5, 0.6) is 0 Å². The molecule has 0 unspecified atom stereocenters. The second-order valence-corrected chi connectivity index (χ2v) is 10.0. The highest BCUT2D eigenvalue weighted by atomic mass is 16.2. The van der Waals surface area contributed by atoms with Gasteiger partial charge in [-0.05, 0) is 68.0 Å². The zero-order chi connectivity index (χ0) is 26.5. The van der Waals surface area contributed by atoms with Crippen LogP contribution in [-0.4, -0.2) is 33.4 Å². The van der Waals surface area contributed by atoms with Gasteiger partial charge in [-0.3, -0.25) is 14.5 Å². The van der Waals surface area contributed by atoms with Gasteiger partial charge in [-0.2, -0.15) is 0 Å². The van der Waals surface area contributed by atoms with Crippen molar-refractivity contribution < 1.29 is 9.59 Å². The Kier molecular flexibility index (Phi) is 8.01. The van der Waals surface area contributed by atoms with Crippen molar-refractivity contribution in [3.63, 3.8) is 0 Å². The van der Waals surface area contributed by atoms with E-state index >= 15 is 0 Å². The van der Waals surface area contributed by atoms with Crippen LogP contribution in [0.1, 0.15) is 48.6 Å². The van der Waals surface area contributed by atoms with Crippen LogP contribution in [0, 0.1) is 26.7 Å². The number of aromatic nitrogens is 3. The number of nitrogens with zero attached hydrogens (tertiary/aromatic N) is 4. The molecule has 1 atom stereocenters. The van der Waals surface area contributed by atoms with E-state index in [-0.39, 0.29) is 18.4 Å². The van der Waals surface area contributed by atoms with Crippen LogP contribution in [-0.2, 0) is 16.1 Å². The van der Waals surface area contributed by atoms with Crippen LogP contribution >= 0.6 is 0 Å². The van der Waals surface area contributed by atoms with Gasteiger partial charge in [0.05, 0.1) is 5.52 Å². The molecule has 4 rings (SSSR count). The number of para-hydroxylation sites is 1. The molecule has 1 N–H and O–H groups in total. The topological polar surface area (TPSA) is 80.1 Å². The highest BCUT2D eigenvalue weighted by molar-refractivity contribution is 6.02. The SMILES string of the molecule is Cc1ccc([C@@H](C(=O)NCCC(C)C)N(C(=O)Cn2nnc3ccccc32)c2cccc(C)c2C)cc1. The Morgan fingerprint density at radius 3 is 2.41 bits per heavy atom. The van der Waals surface area contributed by atoms with Crippen LogP contribution in [0.25, 0.3) is 11.0 Å². The number of hydrogen-bond acceptors (Lipinski definition) is 4. The zero-order valence-corrected chi connectivity index (χ0v) is 22.2. The molecule has 0 aliphatic heterocycles. The molecular weight excluding hydrogens is 462 g/mol. The van der Waals surface area contributed by atoms with Crippen LogP contribution in [0.2, 0.25) is 0 Å². The van der Waals surface area contributed by atoms with Gasteiger partial charge in [0.15, 0.2) is 0 Å².